The van der Waals surface area contributed by atoms with Gasteiger partial charge in [-0.15, -0.1) is 0 Å². The SMILES string of the molecule is Cn1cc(C(NC(=O)c2cnco2)C2CC(O)C2)cn1. The molecule has 3 rings (SSSR count). The zero-order valence-electron chi connectivity index (χ0n) is 11.1. The number of aryl methyl sites for hydroxylation is 1. The summed E-state index contributed by atoms with van der Waals surface area (Å²) >= 11 is 0. The van der Waals surface area contributed by atoms with Crippen LogP contribution < -0.4 is 5.32 Å². The molecule has 1 fully saturated rings. The second-order valence-corrected chi connectivity index (χ2v) is 5.15. The minimum Gasteiger partial charge on any atom is -0.438 e. The van der Waals surface area contributed by atoms with Gasteiger partial charge < -0.3 is 14.8 Å². The first-order chi connectivity index (χ1) is 9.63. The van der Waals surface area contributed by atoms with Crippen LogP contribution in [0, 0.1) is 5.92 Å². The van der Waals surface area contributed by atoms with Crippen LogP contribution >= 0.6 is 0 Å². The first-order valence-corrected chi connectivity index (χ1v) is 6.49. The van der Waals surface area contributed by atoms with Crippen molar-refractivity contribution in [3.05, 3.63) is 36.3 Å². The number of amides is 1. The van der Waals surface area contributed by atoms with Gasteiger partial charge in [0, 0.05) is 18.8 Å². The fourth-order valence-corrected chi connectivity index (χ4v) is 2.52. The molecule has 1 amide bonds. The smallest absolute Gasteiger partial charge is 0.289 e. The van der Waals surface area contributed by atoms with Crippen LogP contribution in [0.3, 0.4) is 0 Å². The van der Waals surface area contributed by atoms with E-state index >= 15 is 0 Å². The number of aliphatic hydroxyl groups is 1. The van der Waals surface area contributed by atoms with Crippen LogP contribution in [0.15, 0.2) is 29.4 Å². The van der Waals surface area contributed by atoms with Gasteiger partial charge in [0.15, 0.2) is 6.39 Å². The average molecular weight is 276 g/mol. The number of carbonyl (C=O) groups is 1. The average Bonchev–Trinajstić information content (AvgIpc) is 3.03. The molecule has 106 valence electrons. The van der Waals surface area contributed by atoms with E-state index in [4.69, 9.17) is 4.42 Å². The van der Waals surface area contributed by atoms with E-state index < -0.39 is 0 Å². The first-order valence-electron chi connectivity index (χ1n) is 6.49. The zero-order valence-corrected chi connectivity index (χ0v) is 11.1. The maximum absolute atomic E-state index is 12.1. The van der Waals surface area contributed by atoms with Gasteiger partial charge in [-0.25, -0.2) is 4.98 Å². The fraction of sp³-hybridized carbons (Fsp3) is 0.462. The molecular formula is C13H16N4O3. The van der Waals surface area contributed by atoms with Crippen LogP contribution in [0.2, 0.25) is 0 Å². The normalized spacial score (nSPS) is 23.1. The summed E-state index contributed by atoms with van der Waals surface area (Å²) in [4.78, 5) is 15.8. The van der Waals surface area contributed by atoms with Crippen LogP contribution in [0.4, 0.5) is 0 Å². The number of oxazole rings is 1. The second-order valence-electron chi connectivity index (χ2n) is 5.15. The van der Waals surface area contributed by atoms with Crippen molar-refractivity contribution >= 4 is 5.91 Å². The molecule has 0 bridgehead atoms. The topological polar surface area (TPSA) is 93.2 Å². The van der Waals surface area contributed by atoms with Crippen LogP contribution in [-0.2, 0) is 7.05 Å². The van der Waals surface area contributed by atoms with E-state index in [1.54, 1.807) is 10.9 Å². The minimum absolute atomic E-state index is 0.176. The van der Waals surface area contributed by atoms with Crippen molar-refractivity contribution in [2.24, 2.45) is 13.0 Å². The quantitative estimate of drug-likeness (QED) is 0.855. The van der Waals surface area contributed by atoms with Crippen molar-refractivity contribution in [1.29, 1.82) is 0 Å². The van der Waals surface area contributed by atoms with Crippen molar-refractivity contribution in [3.63, 3.8) is 0 Å². The maximum Gasteiger partial charge on any atom is 0.289 e. The highest BCUT2D eigenvalue weighted by atomic mass is 16.3. The van der Waals surface area contributed by atoms with Crippen LogP contribution in [0.25, 0.3) is 0 Å². The summed E-state index contributed by atoms with van der Waals surface area (Å²) in [5.41, 5.74) is 0.928. The number of nitrogens with zero attached hydrogens (tertiary/aromatic N) is 3. The summed E-state index contributed by atoms with van der Waals surface area (Å²) in [5.74, 6) is 0.0811. The molecule has 0 radical (unpaired) electrons. The monoisotopic (exact) mass is 276 g/mol. The van der Waals surface area contributed by atoms with E-state index in [0.29, 0.717) is 12.8 Å². The third kappa shape index (κ3) is 2.44. The van der Waals surface area contributed by atoms with E-state index in [1.165, 1.54) is 12.6 Å². The molecule has 1 aliphatic rings. The number of aliphatic hydroxyl groups excluding tert-OH is 1. The van der Waals surface area contributed by atoms with Gasteiger partial charge in [0.25, 0.3) is 5.91 Å². The van der Waals surface area contributed by atoms with E-state index in [1.807, 2.05) is 13.2 Å². The maximum atomic E-state index is 12.1. The number of nitrogens with one attached hydrogen (secondary N) is 1. The zero-order chi connectivity index (χ0) is 14.1. The molecule has 7 heteroatoms. The Labute approximate surface area is 115 Å². The molecule has 0 saturated heterocycles. The van der Waals surface area contributed by atoms with Crippen molar-refractivity contribution in [1.82, 2.24) is 20.1 Å². The number of hydrogen-bond donors (Lipinski definition) is 2. The summed E-state index contributed by atoms with van der Waals surface area (Å²) in [5, 5.41) is 16.5. The minimum atomic E-state index is -0.308. The Balaban J connectivity index is 1.77. The van der Waals surface area contributed by atoms with Gasteiger partial charge in [-0.3, -0.25) is 9.48 Å². The molecule has 2 aromatic heterocycles. The number of hydrogen-bond acceptors (Lipinski definition) is 5. The van der Waals surface area contributed by atoms with Crippen LogP contribution in [-0.4, -0.2) is 31.9 Å². The van der Waals surface area contributed by atoms with Gasteiger partial charge in [-0.1, -0.05) is 0 Å². The highest BCUT2D eigenvalue weighted by Gasteiger charge is 2.36. The standard InChI is InChI=1S/C13H16N4O3/c1-17-6-9(4-15-17)12(8-2-10(18)3-8)16-13(19)11-5-14-7-20-11/h4-8,10,12,18H,2-3H2,1H3,(H,16,19). The summed E-state index contributed by atoms with van der Waals surface area (Å²) in [6.45, 7) is 0. The highest BCUT2D eigenvalue weighted by Crippen LogP contribution is 2.38. The Morgan fingerprint density at radius 2 is 2.35 bits per heavy atom. The molecule has 0 aromatic carbocycles. The van der Waals surface area contributed by atoms with E-state index in [2.05, 4.69) is 15.4 Å². The van der Waals surface area contributed by atoms with Crippen molar-refractivity contribution in [2.75, 3.05) is 0 Å². The number of aromatic nitrogens is 3. The van der Waals surface area contributed by atoms with Gasteiger partial charge in [-0.2, -0.15) is 5.10 Å². The van der Waals surface area contributed by atoms with E-state index in [9.17, 15) is 9.90 Å². The van der Waals surface area contributed by atoms with Crippen molar-refractivity contribution in [3.8, 4) is 0 Å². The lowest BCUT2D eigenvalue weighted by molar-refractivity contribution is 0.0232. The molecule has 0 aliphatic heterocycles. The summed E-state index contributed by atoms with van der Waals surface area (Å²) in [6.07, 6.45) is 7.28. The number of carbonyl (C=O) groups excluding carboxylic acids is 1. The molecule has 1 atom stereocenters. The Morgan fingerprint density at radius 3 is 2.90 bits per heavy atom. The van der Waals surface area contributed by atoms with Crippen LogP contribution in [0.1, 0.15) is 35.0 Å². The highest BCUT2D eigenvalue weighted by molar-refractivity contribution is 5.91. The van der Waals surface area contributed by atoms with Gasteiger partial charge in [0.2, 0.25) is 5.76 Å². The molecule has 1 unspecified atom stereocenters. The Bertz CT molecular complexity index is 587. The van der Waals surface area contributed by atoms with Crippen molar-refractivity contribution < 1.29 is 14.3 Å². The lowest BCUT2D eigenvalue weighted by atomic mass is 9.75. The Hall–Kier alpha value is -2.15. The largest absolute Gasteiger partial charge is 0.438 e. The predicted molar refractivity (Wildman–Crippen MR) is 68.6 cm³/mol. The third-order valence-electron chi connectivity index (χ3n) is 3.65. The second kappa shape index (κ2) is 5.09. The molecule has 2 aromatic rings. The molecule has 20 heavy (non-hydrogen) atoms. The lowest BCUT2D eigenvalue weighted by Gasteiger charge is -2.37. The molecule has 2 heterocycles. The lowest BCUT2D eigenvalue weighted by Crippen LogP contribution is -2.41. The van der Waals surface area contributed by atoms with Gasteiger partial charge >= 0.3 is 0 Å². The van der Waals surface area contributed by atoms with E-state index in [0.717, 1.165) is 5.56 Å². The summed E-state index contributed by atoms with van der Waals surface area (Å²) < 4.78 is 6.69. The summed E-state index contributed by atoms with van der Waals surface area (Å²) in [6, 6.07) is -0.176. The third-order valence-corrected chi connectivity index (χ3v) is 3.65. The molecule has 0 spiro atoms. The molecular weight excluding hydrogens is 260 g/mol. The Kier molecular flexibility index (Phi) is 3.27. The fourth-order valence-electron chi connectivity index (χ4n) is 2.52. The first kappa shape index (κ1) is 12.9. The van der Waals surface area contributed by atoms with Gasteiger partial charge in [0.05, 0.1) is 24.5 Å². The van der Waals surface area contributed by atoms with Crippen LogP contribution in [0.5, 0.6) is 0 Å². The molecule has 7 nitrogen and oxygen atoms in total. The number of rotatable bonds is 4. The van der Waals surface area contributed by atoms with Gasteiger partial charge in [0.1, 0.15) is 0 Å². The van der Waals surface area contributed by atoms with E-state index in [-0.39, 0.29) is 29.7 Å². The molecule has 1 saturated carbocycles. The van der Waals surface area contributed by atoms with Gasteiger partial charge in [-0.05, 0) is 18.8 Å². The molecule has 2 N–H and O–H groups in total. The van der Waals surface area contributed by atoms with Crippen molar-refractivity contribution in [2.45, 2.75) is 25.0 Å². The Morgan fingerprint density at radius 1 is 1.55 bits per heavy atom. The summed E-state index contributed by atoms with van der Waals surface area (Å²) in [7, 11) is 1.83. The predicted octanol–water partition coefficient (Wildman–Crippen LogP) is 0.650. The molecule has 1 aliphatic carbocycles.